The maximum absolute atomic E-state index is 9.44. The number of aldehydes is 2. The zero-order chi connectivity index (χ0) is 8.99. The fourth-order valence-electron chi connectivity index (χ4n) is 0. The lowest BCUT2D eigenvalue weighted by Gasteiger charge is -1.56. The van der Waals surface area contributed by atoms with Crippen LogP contribution in [0.15, 0.2) is 0 Å². The number of ketones is 1. The van der Waals surface area contributed by atoms with Crippen molar-refractivity contribution in [3.05, 3.63) is 0 Å². The van der Waals surface area contributed by atoms with Crippen LogP contribution in [0, 0.1) is 0 Å². The second-order valence-corrected chi connectivity index (χ2v) is 1.38. The molecule has 0 aromatic heterocycles. The zero-order valence-corrected chi connectivity index (χ0v) is 6.88. The molecule has 0 aliphatic carbocycles. The SMILES string of the molecule is CC(C)=O.CC=O.CC=O. The van der Waals surface area contributed by atoms with Crippen molar-refractivity contribution in [2.24, 2.45) is 0 Å². The lowest BCUT2D eigenvalue weighted by atomic mass is 10.6. The Bertz CT molecular complexity index is 76.9. The highest BCUT2D eigenvalue weighted by Crippen LogP contribution is 1.50. The quantitative estimate of drug-likeness (QED) is 0.479. The van der Waals surface area contributed by atoms with E-state index in [-0.39, 0.29) is 5.78 Å². The molecule has 0 unspecified atom stereocenters. The first-order valence-corrected chi connectivity index (χ1v) is 2.83. The molecule has 3 nitrogen and oxygen atoms in total. The topological polar surface area (TPSA) is 51.2 Å². The van der Waals surface area contributed by atoms with E-state index in [0.717, 1.165) is 12.6 Å². The van der Waals surface area contributed by atoms with Crippen LogP contribution in [-0.2, 0) is 14.4 Å². The van der Waals surface area contributed by atoms with Gasteiger partial charge in [0.25, 0.3) is 0 Å². The molecule has 0 rings (SSSR count). The maximum Gasteiger partial charge on any atom is 0.126 e. The van der Waals surface area contributed by atoms with Crippen LogP contribution in [-0.4, -0.2) is 18.4 Å². The lowest BCUT2D eigenvalue weighted by molar-refractivity contribution is -0.115. The Hall–Kier alpha value is -0.990. The summed E-state index contributed by atoms with van der Waals surface area (Å²) in [5.41, 5.74) is 0. The number of carbonyl (C=O) groups excluding carboxylic acids is 3. The molecule has 0 aliphatic heterocycles. The Morgan fingerprint density at radius 1 is 1.00 bits per heavy atom. The minimum Gasteiger partial charge on any atom is -0.304 e. The maximum atomic E-state index is 9.44. The molecule has 0 fully saturated rings. The summed E-state index contributed by atoms with van der Waals surface area (Å²) in [5, 5.41) is 0. The highest BCUT2D eigenvalue weighted by atomic mass is 16.1. The van der Waals surface area contributed by atoms with Gasteiger partial charge in [0.05, 0.1) is 0 Å². The number of hydrogen-bond donors (Lipinski definition) is 0. The molecule has 60 valence electrons. The van der Waals surface area contributed by atoms with E-state index in [2.05, 4.69) is 0 Å². The second-order valence-electron chi connectivity index (χ2n) is 1.38. The highest BCUT2D eigenvalue weighted by Gasteiger charge is 1.62. The van der Waals surface area contributed by atoms with Crippen molar-refractivity contribution in [2.75, 3.05) is 0 Å². The van der Waals surface area contributed by atoms with E-state index in [4.69, 9.17) is 9.59 Å². The number of rotatable bonds is 0. The van der Waals surface area contributed by atoms with Gasteiger partial charge >= 0.3 is 0 Å². The van der Waals surface area contributed by atoms with Crippen LogP contribution in [0.2, 0.25) is 0 Å². The Labute approximate surface area is 61.4 Å². The van der Waals surface area contributed by atoms with Gasteiger partial charge in [-0.15, -0.1) is 0 Å². The molecule has 0 aromatic carbocycles. The number of Topliss-reactive ketones (excluding diaryl/α,β-unsaturated/α-hetero) is 1. The van der Waals surface area contributed by atoms with E-state index >= 15 is 0 Å². The van der Waals surface area contributed by atoms with Gasteiger partial charge in [-0.1, -0.05) is 0 Å². The van der Waals surface area contributed by atoms with Gasteiger partial charge in [0.15, 0.2) is 0 Å². The van der Waals surface area contributed by atoms with Crippen molar-refractivity contribution in [2.45, 2.75) is 27.7 Å². The third kappa shape index (κ3) is 258. The van der Waals surface area contributed by atoms with E-state index in [1.807, 2.05) is 0 Å². The van der Waals surface area contributed by atoms with E-state index < -0.39 is 0 Å². The Morgan fingerprint density at radius 2 is 1.00 bits per heavy atom. The minimum absolute atomic E-state index is 0.167. The third-order valence-electron chi connectivity index (χ3n) is 0. The average Bonchev–Trinajstić information content (AvgIpc) is 1.65. The predicted octanol–water partition coefficient (Wildman–Crippen LogP) is 1.01. The fraction of sp³-hybridized carbons (Fsp3) is 0.571. The van der Waals surface area contributed by atoms with Crippen molar-refractivity contribution in [3.63, 3.8) is 0 Å². The van der Waals surface area contributed by atoms with Gasteiger partial charge in [0.1, 0.15) is 18.4 Å². The van der Waals surface area contributed by atoms with Crippen LogP contribution in [0.5, 0.6) is 0 Å². The summed E-state index contributed by atoms with van der Waals surface area (Å²) in [7, 11) is 0. The van der Waals surface area contributed by atoms with Crippen LogP contribution < -0.4 is 0 Å². The Morgan fingerprint density at radius 3 is 1.00 bits per heavy atom. The first kappa shape index (κ1) is 16.0. The molecule has 0 bridgehead atoms. The molecule has 0 atom stereocenters. The summed E-state index contributed by atoms with van der Waals surface area (Å²) in [4.78, 5) is 27.1. The predicted molar refractivity (Wildman–Crippen MR) is 39.8 cm³/mol. The summed E-state index contributed by atoms with van der Waals surface area (Å²) in [6.07, 6.45) is 1.50. The summed E-state index contributed by atoms with van der Waals surface area (Å²) in [5.74, 6) is 0.167. The van der Waals surface area contributed by atoms with Crippen molar-refractivity contribution >= 4 is 18.4 Å². The summed E-state index contributed by atoms with van der Waals surface area (Å²) in [6, 6.07) is 0. The third-order valence-corrected chi connectivity index (χ3v) is 0. The van der Waals surface area contributed by atoms with Crippen molar-refractivity contribution in [3.8, 4) is 0 Å². The lowest BCUT2D eigenvalue weighted by Crippen LogP contribution is -1.69. The average molecular weight is 146 g/mol. The van der Waals surface area contributed by atoms with Crippen LogP contribution in [0.4, 0.5) is 0 Å². The molecular formula is C7H14O3. The molecule has 0 saturated carbocycles. The van der Waals surface area contributed by atoms with Crippen LogP contribution in [0.3, 0.4) is 0 Å². The first-order valence-electron chi connectivity index (χ1n) is 2.83. The largest absolute Gasteiger partial charge is 0.304 e. The molecule has 0 amide bonds. The minimum atomic E-state index is 0.167. The normalized spacial score (nSPS) is 5.20. The van der Waals surface area contributed by atoms with Gasteiger partial charge in [-0.05, 0) is 27.7 Å². The first-order chi connectivity index (χ1) is 4.56. The molecule has 0 heterocycles. The Kier molecular flexibility index (Phi) is 39.2. The zero-order valence-electron chi connectivity index (χ0n) is 6.88. The molecule has 0 spiro atoms. The van der Waals surface area contributed by atoms with Crippen LogP contribution in [0.25, 0.3) is 0 Å². The van der Waals surface area contributed by atoms with Gasteiger partial charge in [-0.2, -0.15) is 0 Å². The van der Waals surface area contributed by atoms with Crippen LogP contribution in [0.1, 0.15) is 27.7 Å². The molecule has 0 radical (unpaired) electrons. The summed E-state index contributed by atoms with van der Waals surface area (Å²) in [6.45, 7) is 5.94. The van der Waals surface area contributed by atoms with Gasteiger partial charge in [0.2, 0.25) is 0 Å². The van der Waals surface area contributed by atoms with Crippen LogP contribution >= 0.6 is 0 Å². The summed E-state index contributed by atoms with van der Waals surface area (Å²) >= 11 is 0. The molecule has 10 heavy (non-hydrogen) atoms. The van der Waals surface area contributed by atoms with Gasteiger partial charge in [-0.3, -0.25) is 0 Å². The monoisotopic (exact) mass is 146 g/mol. The van der Waals surface area contributed by atoms with E-state index in [1.165, 1.54) is 27.7 Å². The standard InChI is InChI=1S/C3H6O.2C2H4O/c1-3(2)4;2*1-2-3/h1-2H3;2*2H,1H3. The van der Waals surface area contributed by atoms with E-state index in [1.54, 1.807) is 0 Å². The molecule has 0 aliphatic rings. The van der Waals surface area contributed by atoms with Gasteiger partial charge in [0, 0.05) is 0 Å². The number of carbonyl (C=O) groups is 3. The van der Waals surface area contributed by atoms with Crippen molar-refractivity contribution in [1.82, 2.24) is 0 Å². The van der Waals surface area contributed by atoms with Crippen molar-refractivity contribution in [1.29, 1.82) is 0 Å². The number of hydrogen-bond acceptors (Lipinski definition) is 3. The van der Waals surface area contributed by atoms with Gasteiger partial charge < -0.3 is 14.4 Å². The molecule has 3 heteroatoms. The fourth-order valence-corrected chi connectivity index (χ4v) is 0. The molecule has 0 saturated heterocycles. The molecule has 0 N–H and O–H groups in total. The van der Waals surface area contributed by atoms with Gasteiger partial charge in [-0.25, -0.2) is 0 Å². The smallest absolute Gasteiger partial charge is 0.126 e. The van der Waals surface area contributed by atoms with E-state index in [0.29, 0.717) is 0 Å². The Balaban J connectivity index is -0.0000000750. The molecular weight excluding hydrogens is 132 g/mol. The van der Waals surface area contributed by atoms with E-state index in [9.17, 15) is 4.79 Å². The molecule has 0 aromatic rings. The van der Waals surface area contributed by atoms with Crippen molar-refractivity contribution < 1.29 is 14.4 Å². The summed E-state index contributed by atoms with van der Waals surface area (Å²) < 4.78 is 0. The highest BCUT2D eigenvalue weighted by molar-refractivity contribution is 5.72. The second kappa shape index (κ2) is 24.5.